The van der Waals surface area contributed by atoms with Gasteiger partial charge < -0.3 is 15.3 Å². The molecule has 2 N–H and O–H groups in total. The molecule has 0 aromatic heterocycles. The molecule has 110 valence electrons. The molecular weight excluding hydrogens is 244 g/mol. The number of rotatable bonds is 5. The Kier molecular flexibility index (Phi) is 5.63. The first-order valence-electron chi connectivity index (χ1n) is 7.18. The third-order valence-electron chi connectivity index (χ3n) is 3.95. The maximum atomic E-state index is 12.2. The average Bonchev–Trinajstić information content (AvgIpc) is 2.35. The van der Waals surface area contributed by atoms with Gasteiger partial charge in [-0.15, -0.1) is 0 Å². The lowest BCUT2D eigenvalue weighted by Gasteiger charge is -2.36. The predicted molar refractivity (Wildman–Crippen MR) is 74.1 cm³/mol. The minimum atomic E-state index is -0.866. The summed E-state index contributed by atoms with van der Waals surface area (Å²) >= 11 is 0. The highest BCUT2D eigenvalue weighted by Crippen LogP contribution is 2.27. The number of carboxylic acids is 1. The lowest BCUT2D eigenvalue weighted by atomic mass is 9.83. The van der Waals surface area contributed by atoms with Gasteiger partial charge in [-0.2, -0.15) is 0 Å². The average molecular weight is 270 g/mol. The Balaban J connectivity index is 2.55. The number of urea groups is 1. The summed E-state index contributed by atoms with van der Waals surface area (Å²) in [5.74, 6) is -1.40. The van der Waals surface area contributed by atoms with Crippen molar-refractivity contribution in [1.29, 1.82) is 0 Å². The van der Waals surface area contributed by atoms with Crippen LogP contribution in [-0.2, 0) is 4.79 Å². The molecule has 5 nitrogen and oxygen atoms in total. The smallest absolute Gasteiger partial charge is 0.317 e. The quantitative estimate of drug-likeness (QED) is 0.806. The molecule has 0 radical (unpaired) electrons. The van der Waals surface area contributed by atoms with Crippen LogP contribution in [0.15, 0.2) is 0 Å². The molecule has 0 aromatic carbocycles. The molecule has 0 aromatic rings. The Bertz CT molecular complexity index is 325. The number of hydrogen-bond donors (Lipinski definition) is 2. The summed E-state index contributed by atoms with van der Waals surface area (Å²) in [6, 6.07) is -0.139. The van der Waals surface area contributed by atoms with Crippen LogP contribution in [0, 0.1) is 5.92 Å². The van der Waals surface area contributed by atoms with Gasteiger partial charge in [-0.1, -0.05) is 26.2 Å². The van der Waals surface area contributed by atoms with E-state index >= 15 is 0 Å². The van der Waals surface area contributed by atoms with E-state index < -0.39 is 11.9 Å². The van der Waals surface area contributed by atoms with Gasteiger partial charge in [0, 0.05) is 18.6 Å². The Morgan fingerprint density at radius 2 is 1.89 bits per heavy atom. The van der Waals surface area contributed by atoms with Crippen LogP contribution < -0.4 is 5.32 Å². The van der Waals surface area contributed by atoms with Gasteiger partial charge >= 0.3 is 12.0 Å². The number of hydrogen-bond acceptors (Lipinski definition) is 2. The Morgan fingerprint density at radius 3 is 2.37 bits per heavy atom. The van der Waals surface area contributed by atoms with E-state index in [2.05, 4.69) is 12.2 Å². The minimum absolute atomic E-state index is 0.130. The molecule has 1 saturated carbocycles. The standard InChI is InChI=1S/C14H26N2O3/c1-4-16(10-11(2)12(17)18)13(19)15-14(3)8-6-5-7-9-14/h11H,4-10H2,1-3H3,(H,15,19)(H,17,18). The molecular formula is C14H26N2O3. The van der Waals surface area contributed by atoms with Crippen LogP contribution in [0.1, 0.15) is 52.9 Å². The molecule has 2 amide bonds. The number of carboxylic acid groups (broad SMARTS) is 1. The van der Waals surface area contributed by atoms with E-state index in [-0.39, 0.29) is 18.1 Å². The Morgan fingerprint density at radius 1 is 1.32 bits per heavy atom. The second-order valence-electron chi connectivity index (χ2n) is 5.83. The van der Waals surface area contributed by atoms with E-state index in [1.54, 1.807) is 11.8 Å². The fraction of sp³-hybridized carbons (Fsp3) is 0.857. The molecule has 1 fully saturated rings. The predicted octanol–water partition coefficient (Wildman–Crippen LogP) is 2.46. The summed E-state index contributed by atoms with van der Waals surface area (Å²) < 4.78 is 0. The van der Waals surface area contributed by atoms with Crippen molar-refractivity contribution < 1.29 is 14.7 Å². The largest absolute Gasteiger partial charge is 0.481 e. The van der Waals surface area contributed by atoms with Crippen LogP contribution in [0.25, 0.3) is 0 Å². The number of nitrogens with one attached hydrogen (secondary N) is 1. The zero-order valence-corrected chi connectivity index (χ0v) is 12.2. The molecule has 0 bridgehead atoms. The number of nitrogens with zero attached hydrogens (tertiary/aromatic N) is 1. The Hall–Kier alpha value is -1.26. The number of carbonyl (C=O) groups is 2. The van der Waals surface area contributed by atoms with Crippen LogP contribution in [0.3, 0.4) is 0 Å². The van der Waals surface area contributed by atoms with E-state index in [0.29, 0.717) is 6.54 Å². The highest BCUT2D eigenvalue weighted by Gasteiger charge is 2.30. The van der Waals surface area contributed by atoms with Gasteiger partial charge in [-0.3, -0.25) is 4.79 Å². The van der Waals surface area contributed by atoms with Crippen molar-refractivity contribution in [2.24, 2.45) is 5.92 Å². The number of amides is 2. The lowest BCUT2D eigenvalue weighted by Crippen LogP contribution is -2.53. The van der Waals surface area contributed by atoms with Crippen molar-refractivity contribution in [3.8, 4) is 0 Å². The first-order valence-corrected chi connectivity index (χ1v) is 7.18. The zero-order valence-electron chi connectivity index (χ0n) is 12.2. The van der Waals surface area contributed by atoms with Gasteiger partial charge in [0.15, 0.2) is 0 Å². The monoisotopic (exact) mass is 270 g/mol. The number of carbonyl (C=O) groups excluding carboxylic acids is 1. The van der Waals surface area contributed by atoms with Crippen LogP contribution in [0.5, 0.6) is 0 Å². The molecule has 1 aliphatic carbocycles. The molecule has 0 spiro atoms. The van der Waals surface area contributed by atoms with Crippen molar-refractivity contribution in [1.82, 2.24) is 10.2 Å². The third kappa shape index (κ3) is 4.73. The molecule has 1 rings (SSSR count). The molecule has 0 saturated heterocycles. The summed E-state index contributed by atoms with van der Waals surface area (Å²) in [6.07, 6.45) is 5.54. The van der Waals surface area contributed by atoms with Crippen molar-refractivity contribution in [3.05, 3.63) is 0 Å². The molecule has 0 heterocycles. The summed E-state index contributed by atoms with van der Waals surface area (Å²) in [6.45, 7) is 6.36. The normalized spacial score (nSPS) is 19.5. The van der Waals surface area contributed by atoms with Gasteiger partial charge in [0.05, 0.1) is 5.92 Å². The van der Waals surface area contributed by atoms with Crippen LogP contribution >= 0.6 is 0 Å². The molecule has 19 heavy (non-hydrogen) atoms. The first kappa shape index (κ1) is 15.8. The van der Waals surface area contributed by atoms with Gasteiger partial charge in [0.25, 0.3) is 0 Å². The topological polar surface area (TPSA) is 69.6 Å². The summed E-state index contributed by atoms with van der Waals surface area (Å²) in [5.41, 5.74) is -0.130. The van der Waals surface area contributed by atoms with Crippen molar-refractivity contribution in [2.75, 3.05) is 13.1 Å². The van der Waals surface area contributed by atoms with Crippen molar-refractivity contribution in [2.45, 2.75) is 58.4 Å². The SMILES string of the molecule is CCN(CC(C)C(=O)O)C(=O)NC1(C)CCCCC1. The summed E-state index contributed by atoms with van der Waals surface area (Å²) in [7, 11) is 0. The van der Waals surface area contributed by atoms with Gasteiger partial charge in [-0.05, 0) is 26.7 Å². The van der Waals surface area contributed by atoms with E-state index in [1.165, 1.54) is 6.42 Å². The highest BCUT2D eigenvalue weighted by molar-refractivity contribution is 5.76. The molecule has 1 unspecified atom stereocenters. The second-order valence-corrected chi connectivity index (χ2v) is 5.83. The van der Waals surface area contributed by atoms with Gasteiger partial charge in [0.1, 0.15) is 0 Å². The molecule has 1 atom stereocenters. The zero-order chi connectivity index (χ0) is 14.5. The molecule has 5 heteroatoms. The van der Waals surface area contributed by atoms with Crippen molar-refractivity contribution in [3.63, 3.8) is 0 Å². The second kappa shape index (κ2) is 6.78. The number of aliphatic carboxylic acids is 1. The van der Waals surface area contributed by atoms with E-state index in [4.69, 9.17) is 5.11 Å². The minimum Gasteiger partial charge on any atom is -0.481 e. The lowest BCUT2D eigenvalue weighted by molar-refractivity contribution is -0.141. The fourth-order valence-corrected chi connectivity index (χ4v) is 2.56. The highest BCUT2D eigenvalue weighted by atomic mass is 16.4. The maximum Gasteiger partial charge on any atom is 0.317 e. The molecule has 1 aliphatic rings. The van der Waals surface area contributed by atoms with Crippen molar-refractivity contribution >= 4 is 12.0 Å². The van der Waals surface area contributed by atoms with Gasteiger partial charge in [-0.25, -0.2) is 4.79 Å². The Labute approximate surface area is 115 Å². The van der Waals surface area contributed by atoms with Gasteiger partial charge in [0.2, 0.25) is 0 Å². The van der Waals surface area contributed by atoms with E-state index in [0.717, 1.165) is 25.7 Å². The first-order chi connectivity index (χ1) is 8.88. The summed E-state index contributed by atoms with van der Waals surface area (Å²) in [4.78, 5) is 24.7. The maximum absolute atomic E-state index is 12.2. The molecule has 0 aliphatic heterocycles. The third-order valence-corrected chi connectivity index (χ3v) is 3.95. The van der Waals surface area contributed by atoms with Crippen LogP contribution in [0.2, 0.25) is 0 Å². The van der Waals surface area contributed by atoms with E-state index in [9.17, 15) is 9.59 Å². The van der Waals surface area contributed by atoms with E-state index in [1.807, 2.05) is 6.92 Å². The van der Waals surface area contributed by atoms with Crippen LogP contribution in [-0.4, -0.2) is 40.6 Å². The summed E-state index contributed by atoms with van der Waals surface area (Å²) in [5, 5.41) is 12.0. The van der Waals surface area contributed by atoms with Crippen LogP contribution in [0.4, 0.5) is 4.79 Å². The fourth-order valence-electron chi connectivity index (χ4n) is 2.56.